The van der Waals surface area contributed by atoms with E-state index in [0.29, 0.717) is 17.9 Å². The number of amides is 1. The predicted octanol–water partition coefficient (Wildman–Crippen LogP) is 1.33. The first-order valence-electron chi connectivity index (χ1n) is 9.19. The minimum atomic E-state index is -0.667. The van der Waals surface area contributed by atoms with Gasteiger partial charge in [0.15, 0.2) is 0 Å². The molecule has 146 valence electrons. The molecule has 1 aliphatic heterocycles. The van der Waals surface area contributed by atoms with Crippen molar-refractivity contribution in [3.05, 3.63) is 52.4 Å². The summed E-state index contributed by atoms with van der Waals surface area (Å²) in [6.07, 6.45) is 0. The van der Waals surface area contributed by atoms with Crippen LogP contribution < -0.4 is 16.0 Å². The van der Waals surface area contributed by atoms with Crippen molar-refractivity contribution in [1.82, 2.24) is 14.9 Å². The summed E-state index contributed by atoms with van der Waals surface area (Å²) in [5.41, 5.74) is 6.91. The molecule has 4 rings (SSSR count). The van der Waals surface area contributed by atoms with Crippen molar-refractivity contribution in [2.45, 2.75) is 0 Å². The van der Waals surface area contributed by atoms with Crippen molar-refractivity contribution in [3.63, 3.8) is 0 Å². The van der Waals surface area contributed by atoms with Crippen LogP contribution in [0.15, 0.2) is 41.2 Å². The lowest BCUT2D eigenvalue weighted by atomic mass is 10.1. The van der Waals surface area contributed by atoms with Crippen LogP contribution in [0.4, 0.5) is 0 Å². The van der Waals surface area contributed by atoms with Crippen molar-refractivity contribution in [2.24, 2.45) is 5.73 Å². The number of aromatic nitrogens is 2. The van der Waals surface area contributed by atoms with Crippen LogP contribution in [0.3, 0.4) is 0 Å². The minimum Gasteiger partial charge on any atom is -0.492 e. The number of fused-ring (bicyclic) bond motifs is 1. The number of H-pyrrole nitrogens is 2. The number of nitrogens with one attached hydrogen (secondary N) is 2. The zero-order chi connectivity index (χ0) is 19.5. The van der Waals surface area contributed by atoms with E-state index in [9.17, 15) is 9.59 Å². The molecule has 1 aromatic carbocycles. The first-order chi connectivity index (χ1) is 13.6. The standard InChI is InChI=1S/C20H22N4O4/c21-19(25)17-4-2-15(20(26)23-17)18-12-13-11-14(1-3-16(13)22-18)28-10-7-24-5-8-27-9-6-24/h1-4,11-12,22H,5-10H2,(H2,21,25)(H,23,26). The molecule has 0 saturated carbocycles. The van der Waals surface area contributed by atoms with E-state index in [1.165, 1.54) is 6.07 Å². The van der Waals surface area contributed by atoms with Gasteiger partial charge in [-0.1, -0.05) is 0 Å². The number of nitrogens with zero attached hydrogens (tertiary/aromatic N) is 1. The molecule has 0 spiro atoms. The lowest BCUT2D eigenvalue weighted by Crippen LogP contribution is -2.38. The van der Waals surface area contributed by atoms with Crippen molar-refractivity contribution >= 4 is 16.8 Å². The Balaban J connectivity index is 1.48. The molecule has 8 nitrogen and oxygen atoms in total. The SMILES string of the molecule is NC(=O)c1ccc(-c2cc3cc(OCCN4CCOCC4)ccc3[nH]2)c(=O)[nH]1. The van der Waals surface area contributed by atoms with E-state index in [4.69, 9.17) is 15.2 Å². The maximum atomic E-state index is 12.3. The number of carbonyl (C=O) groups excluding carboxylic acids is 1. The van der Waals surface area contributed by atoms with Crippen molar-refractivity contribution in [2.75, 3.05) is 39.5 Å². The molecule has 0 unspecified atom stereocenters. The monoisotopic (exact) mass is 382 g/mol. The number of benzene rings is 1. The van der Waals surface area contributed by atoms with Gasteiger partial charge in [-0.3, -0.25) is 14.5 Å². The largest absolute Gasteiger partial charge is 0.492 e. The third-order valence-electron chi connectivity index (χ3n) is 4.84. The van der Waals surface area contributed by atoms with Gasteiger partial charge in [-0.05, 0) is 36.4 Å². The molecular weight excluding hydrogens is 360 g/mol. The van der Waals surface area contributed by atoms with Gasteiger partial charge in [-0.15, -0.1) is 0 Å². The van der Waals surface area contributed by atoms with Crippen LogP contribution in [-0.4, -0.2) is 60.2 Å². The third-order valence-corrected chi connectivity index (χ3v) is 4.84. The zero-order valence-electron chi connectivity index (χ0n) is 15.4. The molecule has 3 aromatic rings. The van der Waals surface area contributed by atoms with Crippen LogP contribution in [0, 0.1) is 0 Å². The molecule has 0 atom stereocenters. The highest BCUT2D eigenvalue weighted by Crippen LogP contribution is 2.25. The van der Waals surface area contributed by atoms with E-state index >= 15 is 0 Å². The number of primary amides is 1. The van der Waals surface area contributed by atoms with Crippen LogP contribution in [0.1, 0.15) is 10.5 Å². The molecule has 2 aromatic heterocycles. The molecule has 0 radical (unpaired) electrons. The van der Waals surface area contributed by atoms with E-state index in [1.54, 1.807) is 6.07 Å². The Kier molecular flexibility index (Phi) is 5.14. The molecule has 28 heavy (non-hydrogen) atoms. The maximum absolute atomic E-state index is 12.3. The highest BCUT2D eigenvalue weighted by atomic mass is 16.5. The van der Waals surface area contributed by atoms with Crippen LogP contribution in [0.25, 0.3) is 22.2 Å². The first kappa shape index (κ1) is 18.3. The summed E-state index contributed by atoms with van der Waals surface area (Å²) in [7, 11) is 0. The smallest absolute Gasteiger partial charge is 0.265 e. The second-order valence-electron chi connectivity index (χ2n) is 6.71. The number of hydrogen-bond donors (Lipinski definition) is 3. The summed E-state index contributed by atoms with van der Waals surface area (Å²) >= 11 is 0. The van der Waals surface area contributed by atoms with E-state index in [2.05, 4.69) is 14.9 Å². The van der Waals surface area contributed by atoms with E-state index in [0.717, 1.165) is 49.5 Å². The van der Waals surface area contributed by atoms with Gasteiger partial charge in [-0.2, -0.15) is 0 Å². The highest BCUT2D eigenvalue weighted by molar-refractivity contribution is 5.91. The van der Waals surface area contributed by atoms with Crippen LogP contribution in [0.2, 0.25) is 0 Å². The number of rotatable bonds is 6. The maximum Gasteiger partial charge on any atom is 0.265 e. The van der Waals surface area contributed by atoms with Crippen molar-refractivity contribution in [1.29, 1.82) is 0 Å². The number of pyridine rings is 1. The zero-order valence-corrected chi connectivity index (χ0v) is 15.4. The van der Waals surface area contributed by atoms with Gasteiger partial charge in [0.05, 0.1) is 24.5 Å². The molecule has 0 aliphatic carbocycles. The fraction of sp³-hybridized carbons (Fsp3) is 0.300. The summed E-state index contributed by atoms with van der Waals surface area (Å²) in [6.45, 7) is 4.90. The van der Waals surface area contributed by atoms with Gasteiger partial charge >= 0.3 is 0 Å². The van der Waals surface area contributed by atoms with Gasteiger partial charge < -0.3 is 25.2 Å². The number of morpholine rings is 1. The molecule has 1 aliphatic rings. The predicted molar refractivity (Wildman–Crippen MR) is 106 cm³/mol. The van der Waals surface area contributed by atoms with E-state index in [-0.39, 0.29) is 11.3 Å². The Morgan fingerprint density at radius 2 is 1.96 bits per heavy atom. The lowest BCUT2D eigenvalue weighted by Gasteiger charge is -2.26. The first-order valence-corrected chi connectivity index (χ1v) is 9.19. The minimum absolute atomic E-state index is 0.0841. The third kappa shape index (κ3) is 3.92. The summed E-state index contributed by atoms with van der Waals surface area (Å²) in [6, 6.07) is 10.8. The molecule has 3 heterocycles. The second-order valence-corrected chi connectivity index (χ2v) is 6.71. The average Bonchev–Trinajstić information content (AvgIpc) is 3.11. The Labute approximate surface area is 161 Å². The molecule has 1 amide bonds. The van der Waals surface area contributed by atoms with Crippen LogP contribution in [-0.2, 0) is 4.74 Å². The summed E-state index contributed by atoms with van der Waals surface area (Å²) in [5.74, 6) is 0.114. The highest BCUT2D eigenvalue weighted by Gasteiger charge is 2.12. The molecule has 8 heteroatoms. The fourth-order valence-electron chi connectivity index (χ4n) is 3.29. The van der Waals surface area contributed by atoms with E-state index < -0.39 is 5.91 Å². The second kappa shape index (κ2) is 7.87. The normalized spacial score (nSPS) is 15.0. The number of nitrogens with two attached hydrogens (primary N) is 1. The Morgan fingerprint density at radius 3 is 2.71 bits per heavy atom. The van der Waals surface area contributed by atoms with Gasteiger partial charge in [0.2, 0.25) is 0 Å². The van der Waals surface area contributed by atoms with Crippen molar-refractivity contribution in [3.8, 4) is 17.0 Å². The summed E-state index contributed by atoms with van der Waals surface area (Å²) in [4.78, 5) is 31.5. The van der Waals surface area contributed by atoms with Crippen LogP contribution in [0.5, 0.6) is 5.75 Å². The molecule has 1 fully saturated rings. The van der Waals surface area contributed by atoms with E-state index in [1.807, 2.05) is 24.3 Å². The Bertz CT molecular complexity index is 1050. The number of aromatic amines is 2. The summed E-state index contributed by atoms with van der Waals surface area (Å²) < 4.78 is 11.2. The molecular formula is C20H22N4O4. The number of hydrogen-bond acceptors (Lipinski definition) is 5. The van der Waals surface area contributed by atoms with Crippen LogP contribution >= 0.6 is 0 Å². The van der Waals surface area contributed by atoms with Gasteiger partial charge in [0, 0.05) is 30.5 Å². The quantitative estimate of drug-likeness (QED) is 0.595. The molecule has 1 saturated heterocycles. The van der Waals surface area contributed by atoms with Gasteiger partial charge in [-0.25, -0.2) is 0 Å². The topological polar surface area (TPSA) is 113 Å². The molecule has 0 bridgehead atoms. The number of ether oxygens (including phenoxy) is 2. The van der Waals surface area contributed by atoms with Crippen molar-refractivity contribution < 1.29 is 14.3 Å². The Hall–Kier alpha value is -3.10. The lowest BCUT2D eigenvalue weighted by molar-refractivity contribution is 0.0322. The fourth-order valence-corrected chi connectivity index (χ4v) is 3.29. The Morgan fingerprint density at radius 1 is 1.14 bits per heavy atom. The average molecular weight is 382 g/mol. The van der Waals surface area contributed by atoms with Gasteiger partial charge in [0.1, 0.15) is 18.1 Å². The van der Waals surface area contributed by atoms with Gasteiger partial charge in [0.25, 0.3) is 11.5 Å². The summed E-state index contributed by atoms with van der Waals surface area (Å²) in [5, 5.41) is 0.942. The molecule has 4 N–H and O–H groups in total. The number of carbonyl (C=O) groups is 1.